The second kappa shape index (κ2) is 7.70. The number of likely N-dealkylation sites (tertiary alicyclic amines) is 1. The number of amides is 1. The summed E-state index contributed by atoms with van der Waals surface area (Å²) in [6, 6.07) is 7.27. The molecule has 1 saturated heterocycles. The number of thiol groups is 1. The molecule has 0 aliphatic carbocycles. The van der Waals surface area contributed by atoms with Gasteiger partial charge in [-0.3, -0.25) is 9.59 Å². The maximum atomic E-state index is 12.8. The van der Waals surface area contributed by atoms with E-state index in [1.807, 2.05) is 6.07 Å². The van der Waals surface area contributed by atoms with Gasteiger partial charge >= 0.3 is 11.9 Å². The van der Waals surface area contributed by atoms with Crippen LogP contribution >= 0.6 is 12.6 Å². The minimum atomic E-state index is -1.12. The third-order valence-electron chi connectivity index (χ3n) is 4.37. The highest BCUT2D eigenvalue weighted by atomic mass is 32.1. The lowest BCUT2D eigenvalue weighted by atomic mass is 9.93. The number of esters is 1. The molecule has 2 rings (SSSR count). The number of methoxy groups -OCH3 is 1. The molecule has 130 valence electrons. The molecule has 0 saturated carbocycles. The van der Waals surface area contributed by atoms with Gasteiger partial charge in [-0.15, -0.1) is 0 Å². The predicted molar refractivity (Wildman–Crippen MR) is 90.6 cm³/mol. The largest absolute Gasteiger partial charge is 0.480 e. The Morgan fingerprint density at radius 1 is 1.33 bits per heavy atom. The van der Waals surface area contributed by atoms with E-state index in [-0.39, 0.29) is 12.3 Å². The van der Waals surface area contributed by atoms with Crippen LogP contribution in [0.15, 0.2) is 30.3 Å². The zero-order valence-electron chi connectivity index (χ0n) is 13.6. The first-order valence-corrected chi connectivity index (χ1v) is 8.34. The van der Waals surface area contributed by atoms with Gasteiger partial charge in [0.05, 0.1) is 19.1 Å². The lowest BCUT2D eigenvalue weighted by Crippen LogP contribution is -2.45. The molecule has 24 heavy (non-hydrogen) atoms. The molecule has 7 heteroatoms. The number of carboxylic acid groups (broad SMARTS) is 1. The van der Waals surface area contributed by atoms with Gasteiger partial charge in [0.2, 0.25) is 5.91 Å². The minimum Gasteiger partial charge on any atom is -0.480 e. The van der Waals surface area contributed by atoms with Crippen LogP contribution in [0.2, 0.25) is 0 Å². The highest BCUT2D eigenvalue weighted by molar-refractivity contribution is 7.80. The summed E-state index contributed by atoms with van der Waals surface area (Å²) in [6.07, 6.45) is 0.0343. The van der Waals surface area contributed by atoms with E-state index in [1.165, 1.54) is 12.0 Å². The maximum absolute atomic E-state index is 12.8. The number of nitrogens with zero attached hydrogens (tertiary/aromatic N) is 1. The Hall–Kier alpha value is -2.02. The quantitative estimate of drug-likeness (QED) is 0.624. The molecule has 6 nitrogen and oxygen atoms in total. The van der Waals surface area contributed by atoms with Gasteiger partial charge in [0, 0.05) is 11.7 Å². The summed E-state index contributed by atoms with van der Waals surface area (Å²) in [7, 11) is 1.26. The summed E-state index contributed by atoms with van der Waals surface area (Å²) >= 11 is 4.14. The summed E-state index contributed by atoms with van der Waals surface area (Å²) in [5, 5.41) is 9.56. The predicted octanol–water partition coefficient (Wildman–Crippen LogP) is 1.77. The van der Waals surface area contributed by atoms with E-state index in [0.29, 0.717) is 5.75 Å². The molecule has 1 amide bonds. The van der Waals surface area contributed by atoms with Crippen LogP contribution in [0.1, 0.15) is 24.9 Å². The molecule has 1 aromatic rings. The lowest BCUT2D eigenvalue weighted by molar-refractivity contribution is -0.152. The van der Waals surface area contributed by atoms with E-state index in [1.54, 1.807) is 31.2 Å². The van der Waals surface area contributed by atoms with Gasteiger partial charge < -0.3 is 14.7 Å². The molecule has 1 N–H and O–H groups in total. The van der Waals surface area contributed by atoms with Gasteiger partial charge in [0.25, 0.3) is 0 Å². The smallest absolute Gasteiger partial charge is 0.326 e. The van der Waals surface area contributed by atoms with Crippen molar-refractivity contribution in [1.82, 2.24) is 4.90 Å². The molecular formula is C17H21NO5S. The van der Waals surface area contributed by atoms with Crippen LogP contribution in [0.25, 0.3) is 0 Å². The second-order valence-corrected chi connectivity index (χ2v) is 6.27. The minimum absolute atomic E-state index is 0.0343. The number of hydrogen-bond donors (Lipinski definition) is 2. The van der Waals surface area contributed by atoms with Crippen LogP contribution in [0.3, 0.4) is 0 Å². The van der Waals surface area contributed by atoms with Gasteiger partial charge in [-0.2, -0.15) is 12.6 Å². The Bertz CT molecular complexity index is 621. The van der Waals surface area contributed by atoms with E-state index in [0.717, 1.165) is 5.56 Å². The highest BCUT2D eigenvalue weighted by Crippen LogP contribution is 2.42. The summed E-state index contributed by atoms with van der Waals surface area (Å²) in [5.41, 5.74) is 0.719. The molecule has 1 aliphatic heterocycles. The van der Waals surface area contributed by atoms with Crippen LogP contribution in [-0.2, 0) is 19.1 Å². The van der Waals surface area contributed by atoms with Gasteiger partial charge in [-0.25, -0.2) is 4.79 Å². The van der Waals surface area contributed by atoms with Gasteiger partial charge in [-0.1, -0.05) is 37.3 Å². The van der Waals surface area contributed by atoms with Gasteiger partial charge in [0.15, 0.2) is 0 Å². The summed E-state index contributed by atoms with van der Waals surface area (Å²) in [4.78, 5) is 38.0. The number of aliphatic carboxylic acids is 1. The molecule has 1 heterocycles. The first-order valence-electron chi connectivity index (χ1n) is 7.71. The topological polar surface area (TPSA) is 83.9 Å². The number of carbonyl (C=O) groups excluding carboxylic acids is 2. The first-order chi connectivity index (χ1) is 11.4. The second-order valence-electron chi connectivity index (χ2n) is 5.90. The number of hydrogen-bond acceptors (Lipinski definition) is 5. The maximum Gasteiger partial charge on any atom is 0.326 e. The molecule has 1 aromatic carbocycles. The van der Waals surface area contributed by atoms with Crippen LogP contribution < -0.4 is 0 Å². The average molecular weight is 351 g/mol. The molecule has 1 fully saturated rings. The van der Waals surface area contributed by atoms with Crippen LogP contribution in [0, 0.1) is 11.8 Å². The number of benzene rings is 1. The summed E-state index contributed by atoms with van der Waals surface area (Å²) in [5.74, 6) is -2.82. The zero-order chi connectivity index (χ0) is 17.9. The monoisotopic (exact) mass is 351 g/mol. The highest BCUT2D eigenvalue weighted by Gasteiger charge is 2.51. The molecule has 0 unspecified atom stereocenters. The standard InChI is InChI=1S/C17H21NO5S/c1-10(9-24)15(19)18-13(16(20)21)8-12(17(22)23-2)14(18)11-6-4-3-5-7-11/h3-7,10,12-14,24H,8-9H2,1-2H3,(H,20,21)/t10-,12+,13+,14+/m1/s1. The Balaban J connectivity index is 2.52. The lowest BCUT2D eigenvalue weighted by Gasteiger charge is -2.32. The van der Waals surface area contributed by atoms with Crippen molar-refractivity contribution in [2.24, 2.45) is 11.8 Å². The Morgan fingerprint density at radius 2 is 1.96 bits per heavy atom. The van der Waals surface area contributed by atoms with Crippen molar-refractivity contribution < 1.29 is 24.2 Å². The third-order valence-corrected chi connectivity index (χ3v) is 4.92. The van der Waals surface area contributed by atoms with Crippen molar-refractivity contribution in [3.8, 4) is 0 Å². The molecule has 4 atom stereocenters. The summed E-state index contributed by atoms with van der Waals surface area (Å²) in [6.45, 7) is 1.70. The average Bonchev–Trinajstić information content (AvgIpc) is 3.01. The van der Waals surface area contributed by atoms with Crippen LogP contribution in [-0.4, -0.2) is 46.8 Å². The van der Waals surface area contributed by atoms with Crippen LogP contribution in [0.5, 0.6) is 0 Å². The molecule has 1 aliphatic rings. The SMILES string of the molecule is COC(=O)[C@H]1C[C@@H](C(=O)O)N(C(=O)[C@H](C)CS)[C@H]1c1ccccc1. The van der Waals surface area contributed by atoms with Crippen molar-refractivity contribution in [3.05, 3.63) is 35.9 Å². The normalized spacial score (nSPS) is 24.5. The van der Waals surface area contributed by atoms with Gasteiger partial charge in [0.1, 0.15) is 6.04 Å². The summed E-state index contributed by atoms with van der Waals surface area (Å²) < 4.78 is 4.84. The van der Waals surface area contributed by atoms with E-state index in [2.05, 4.69) is 12.6 Å². The van der Waals surface area contributed by atoms with Crippen LogP contribution in [0.4, 0.5) is 0 Å². The number of ether oxygens (including phenoxy) is 1. The van der Waals surface area contributed by atoms with E-state index >= 15 is 0 Å². The van der Waals surface area contributed by atoms with Gasteiger partial charge in [-0.05, 0) is 12.0 Å². The molecule has 0 spiro atoms. The first kappa shape index (κ1) is 18.3. The molecule has 0 bridgehead atoms. The number of rotatable bonds is 5. The van der Waals surface area contributed by atoms with E-state index in [9.17, 15) is 19.5 Å². The Labute approximate surface area is 146 Å². The number of carboxylic acids is 1. The zero-order valence-corrected chi connectivity index (χ0v) is 14.5. The fraction of sp³-hybridized carbons (Fsp3) is 0.471. The van der Waals surface area contributed by atoms with E-state index in [4.69, 9.17) is 4.74 Å². The van der Waals surface area contributed by atoms with E-state index < -0.39 is 35.9 Å². The van der Waals surface area contributed by atoms with Crippen molar-refractivity contribution in [2.45, 2.75) is 25.4 Å². The number of carbonyl (C=O) groups is 3. The fourth-order valence-corrected chi connectivity index (χ4v) is 3.29. The Kier molecular flexibility index (Phi) is 5.88. The third kappa shape index (κ3) is 3.40. The van der Waals surface area contributed by atoms with Crippen molar-refractivity contribution in [1.29, 1.82) is 0 Å². The molecular weight excluding hydrogens is 330 g/mol. The molecule has 0 aromatic heterocycles. The molecule has 0 radical (unpaired) electrons. The fourth-order valence-electron chi connectivity index (χ4n) is 3.13. The Morgan fingerprint density at radius 3 is 2.46 bits per heavy atom. The van der Waals surface area contributed by atoms with Crippen molar-refractivity contribution >= 4 is 30.5 Å². The van der Waals surface area contributed by atoms with Crippen molar-refractivity contribution in [3.63, 3.8) is 0 Å². The van der Waals surface area contributed by atoms with Crippen molar-refractivity contribution in [2.75, 3.05) is 12.9 Å².